The summed E-state index contributed by atoms with van der Waals surface area (Å²) in [5, 5.41) is 54.7. The van der Waals surface area contributed by atoms with E-state index in [1.54, 1.807) is 6.08 Å². The minimum Gasteiger partial charge on any atom is -0.394 e. The lowest BCUT2D eigenvalue weighted by Gasteiger charge is -2.40. The number of carbonyl (C=O) groups excluding carboxylic acids is 1. The summed E-state index contributed by atoms with van der Waals surface area (Å²) in [6.07, 6.45) is 72.2. The van der Waals surface area contributed by atoms with Gasteiger partial charge in [-0.05, 0) is 70.6 Å². The van der Waals surface area contributed by atoms with Crippen molar-refractivity contribution in [3.63, 3.8) is 0 Å². The maximum absolute atomic E-state index is 13.1. The fourth-order valence-corrected chi connectivity index (χ4v) is 9.75. The molecule has 1 fully saturated rings. The molecule has 1 aliphatic rings. The summed E-state index contributed by atoms with van der Waals surface area (Å²) < 4.78 is 11.3. The van der Waals surface area contributed by atoms with E-state index in [1.807, 2.05) is 6.08 Å². The Kier molecular flexibility index (Phi) is 52.3. The summed E-state index contributed by atoms with van der Waals surface area (Å²) in [5.74, 6) is -0.182. The molecule has 0 aromatic carbocycles. The van der Waals surface area contributed by atoms with E-state index >= 15 is 0 Å². The van der Waals surface area contributed by atoms with E-state index in [9.17, 15) is 30.3 Å². The second kappa shape index (κ2) is 55.7. The minimum atomic E-state index is -1.57. The Morgan fingerprint density at radius 2 is 0.816 bits per heavy atom. The molecule has 440 valence electrons. The number of ether oxygens (including phenoxy) is 2. The highest BCUT2D eigenvalue weighted by atomic mass is 16.7. The van der Waals surface area contributed by atoms with Crippen LogP contribution in [-0.2, 0) is 14.3 Å². The van der Waals surface area contributed by atoms with Crippen LogP contribution in [0.15, 0.2) is 85.1 Å². The smallest absolute Gasteiger partial charge is 0.220 e. The van der Waals surface area contributed by atoms with Crippen molar-refractivity contribution < 1.29 is 39.8 Å². The molecule has 9 heteroatoms. The number of hydrogen-bond donors (Lipinski definition) is 6. The second-order valence-corrected chi connectivity index (χ2v) is 21.8. The van der Waals surface area contributed by atoms with E-state index in [0.717, 1.165) is 83.5 Å². The van der Waals surface area contributed by atoms with Crippen LogP contribution < -0.4 is 5.32 Å². The van der Waals surface area contributed by atoms with Crippen LogP contribution in [0, 0.1) is 0 Å². The molecule has 0 aromatic heterocycles. The molecule has 1 aliphatic heterocycles. The molecule has 0 saturated carbocycles. The van der Waals surface area contributed by atoms with Crippen LogP contribution in [0.3, 0.4) is 0 Å². The average molecular weight is 1070 g/mol. The Labute approximate surface area is 467 Å². The van der Waals surface area contributed by atoms with Crippen LogP contribution in [0.1, 0.15) is 277 Å². The zero-order valence-electron chi connectivity index (χ0n) is 49.0. The molecular formula is C67H119NO8. The van der Waals surface area contributed by atoms with Gasteiger partial charge < -0.3 is 40.3 Å². The van der Waals surface area contributed by atoms with E-state index < -0.39 is 49.5 Å². The van der Waals surface area contributed by atoms with Gasteiger partial charge in [-0.2, -0.15) is 0 Å². The number of carbonyl (C=O) groups is 1. The number of allylic oxidation sites excluding steroid dienone is 13. The van der Waals surface area contributed by atoms with Gasteiger partial charge in [0.1, 0.15) is 24.4 Å². The van der Waals surface area contributed by atoms with E-state index in [4.69, 9.17) is 9.47 Å². The van der Waals surface area contributed by atoms with E-state index in [-0.39, 0.29) is 12.5 Å². The van der Waals surface area contributed by atoms with Gasteiger partial charge in [-0.25, -0.2) is 0 Å². The molecule has 1 amide bonds. The molecule has 76 heavy (non-hydrogen) atoms. The topological polar surface area (TPSA) is 149 Å². The zero-order valence-corrected chi connectivity index (χ0v) is 49.0. The van der Waals surface area contributed by atoms with Crippen LogP contribution in [-0.4, -0.2) is 87.5 Å². The third-order valence-electron chi connectivity index (χ3n) is 14.7. The Morgan fingerprint density at radius 1 is 0.461 bits per heavy atom. The standard InChI is InChI=1S/C67H119NO8/c1-3-5-7-9-11-13-15-17-19-21-23-25-27-29-30-31-32-33-35-37-39-41-43-45-47-49-51-53-55-57-63(71)68-60(59-75-67-66(74)65(73)64(72)62(58-69)76-67)61(70)56-54-52-50-48-46-44-42-40-38-36-34-28-26-24-22-20-18-16-14-12-10-8-6-4-2/h5,7,11,13,17,19,23,25,29-30,32-33,54,56,60-62,64-67,69-70,72-74H,3-4,6,8-10,12,14-16,18,20-22,24,26-28,31,34-53,55,57-59H2,1-2H3,(H,68,71)/b7-5-,13-11-,19-17-,25-23-,30-29-,33-32-,56-54+. The highest BCUT2D eigenvalue weighted by molar-refractivity contribution is 5.76. The maximum atomic E-state index is 13.1. The van der Waals surface area contributed by atoms with Gasteiger partial charge in [0.15, 0.2) is 6.29 Å². The summed E-state index contributed by atoms with van der Waals surface area (Å²) >= 11 is 0. The quantitative estimate of drug-likeness (QED) is 0.0261. The van der Waals surface area contributed by atoms with Gasteiger partial charge in [0, 0.05) is 6.42 Å². The Balaban J connectivity index is 2.20. The third kappa shape index (κ3) is 44.2. The number of unbranched alkanes of at least 4 members (excludes halogenated alkanes) is 32. The zero-order chi connectivity index (χ0) is 55.0. The lowest BCUT2D eigenvalue weighted by atomic mass is 9.99. The lowest BCUT2D eigenvalue weighted by molar-refractivity contribution is -0.302. The van der Waals surface area contributed by atoms with Crippen molar-refractivity contribution >= 4 is 5.91 Å². The molecule has 0 radical (unpaired) electrons. The van der Waals surface area contributed by atoms with Crippen LogP contribution in [0.5, 0.6) is 0 Å². The summed E-state index contributed by atoms with van der Waals surface area (Å²) in [6, 6.07) is -0.814. The summed E-state index contributed by atoms with van der Waals surface area (Å²) in [7, 11) is 0. The lowest BCUT2D eigenvalue weighted by Crippen LogP contribution is -2.60. The van der Waals surface area contributed by atoms with Crippen LogP contribution in [0.25, 0.3) is 0 Å². The van der Waals surface area contributed by atoms with Crippen molar-refractivity contribution in [2.24, 2.45) is 0 Å². The van der Waals surface area contributed by atoms with Gasteiger partial charge in [0.05, 0.1) is 25.4 Å². The van der Waals surface area contributed by atoms with Crippen LogP contribution >= 0.6 is 0 Å². The highest BCUT2D eigenvalue weighted by Gasteiger charge is 2.44. The van der Waals surface area contributed by atoms with Crippen molar-refractivity contribution in [1.29, 1.82) is 0 Å². The number of nitrogens with one attached hydrogen (secondary N) is 1. The first-order chi connectivity index (χ1) is 37.3. The third-order valence-corrected chi connectivity index (χ3v) is 14.7. The molecule has 0 aromatic rings. The normalized spacial score (nSPS) is 19.4. The largest absolute Gasteiger partial charge is 0.394 e. The van der Waals surface area contributed by atoms with Crippen molar-refractivity contribution in [3.8, 4) is 0 Å². The fourth-order valence-electron chi connectivity index (χ4n) is 9.75. The van der Waals surface area contributed by atoms with Gasteiger partial charge in [-0.15, -0.1) is 0 Å². The molecule has 1 saturated heterocycles. The number of hydrogen-bond acceptors (Lipinski definition) is 8. The number of aliphatic hydroxyl groups excluding tert-OH is 5. The highest BCUT2D eigenvalue weighted by Crippen LogP contribution is 2.23. The molecule has 6 N–H and O–H groups in total. The summed E-state index contributed by atoms with van der Waals surface area (Å²) in [4.78, 5) is 13.1. The van der Waals surface area contributed by atoms with Crippen molar-refractivity contribution in [2.45, 2.75) is 320 Å². The first-order valence-electron chi connectivity index (χ1n) is 31.8. The van der Waals surface area contributed by atoms with Crippen molar-refractivity contribution in [3.05, 3.63) is 85.1 Å². The van der Waals surface area contributed by atoms with Gasteiger partial charge in [-0.1, -0.05) is 285 Å². The first-order valence-corrected chi connectivity index (χ1v) is 31.8. The average Bonchev–Trinajstić information content (AvgIpc) is 3.42. The maximum Gasteiger partial charge on any atom is 0.220 e. The van der Waals surface area contributed by atoms with E-state index in [1.165, 1.54) is 173 Å². The molecule has 1 rings (SSSR count). The number of aliphatic hydroxyl groups is 5. The number of rotatable bonds is 54. The van der Waals surface area contributed by atoms with Gasteiger partial charge in [0.25, 0.3) is 0 Å². The molecular weight excluding hydrogens is 947 g/mol. The predicted molar refractivity (Wildman–Crippen MR) is 322 cm³/mol. The molecule has 0 spiro atoms. The number of amides is 1. The molecule has 0 bridgehead atoms. The first kappa shape index (κ1) is 71.4. The molecule has 7 unspecified atom stereocenters. The molecule has 1 heterocycles. The SMILES string of the molecule is CC/C=C\C/C=C\C/C=C\C/C=C\C/C=C\C/C=C\CCCCCCCCCCCCC(=O)NC(COC1OC(CO)C(O)C(O)C1O)C(O)/C=C/CCCCCCCCCCCCCCCCCCCCCCCC. The van der Waals surface area contributed by atoms with Crippen molar-refractivity contribution in [1.82, 2.24) is 5.32 Å². The fraction of sp³-hybridized carbons (Fsp3) is 0.776. The summed E-state index contributed by atoms with van der Waals surface area (Å²) in [6.45, 7) is 3.69. The van der Waals surface area contributed by atoms with Crippen molar-refractivity contribution in [2.75, 3.05) is 13.2 Å². The Bertz CT molecular complexity index is 1470. The monoisotopic (exact) mass is 1070 g/mol. The van der Waals surface area contributed by atoms with E-state index in [2.05, 4.69) is 92.1 Å². The van der Waals surface area contributed by atoms with Gasteiger partial charge >= 0.3 is 0 Å². The van der Waals surface area contributed by atoms with E-state index in [0.29, 0.717) is 6.42 Å². The Morgan fingerprint density at radius 3 is 1.21 bits per heavy atom. The second-order valence-electron chi connectivity index (χ2n) is 21.8. The van der Waals surface area contributed by atoms with Gasteiger partial charge in [0.2, 0.25) is 5.91 Å². The molecule has 9 nitrogen and oxygen atoms in total. The van der Waals surface area contributed by atoms with Crippen LogP contribution in [0.4, 0.5) is 0 Å². The Hall–Kier alpha value is -2.63. The minimum absolute atomic E-state index is 0.182. The predicted octanol–water partition coefficient (Wildman–Crippen LogP) is 16.6. The molecule has 7 atom stereocenters. The molecule has 0 aliphatic carbocycles. The van der Waals surface area contributed by atoms with Crippen LogP contribution in [0.2, 0.25) is 0 Å². The van der Waals surface area contributed by atoms with Gasteiger partial charge in [-0.3, -0.25) is 4.79 Å². The summed E-state index contributed by atoms with van der Waals surface area (Å²) in [5.41, 5.74) is 0.